The smallest absolute Gasteiger partial charge is 0.0962 e. The molecule has 0 saturated heterocycles. The lowest BCUT2D eigenvalue weighted by Crippen LogP contribution is -2.70. The van der Waals surface area contributed by atoms with Crippen LogP contribution in [0.4, 0.5) is 0 Å². The van der Waals surface area contributed by atoms with Crippen molar-refractivity contribution in [3.05, 3.63) is 42.3 Å². The van der Waals surface area contributed by atoms with Crippen molar-refractivity contribution in [1.82, 2.24) is 0 Å². The van der Waals surface area contributed by atoms with Gasteiger partial charge in [0.05, 0.1) is 32.3 Å². The first-order chi connectivity index (χ1) is 12.5. The Labute approximate surface area is 188 Å². The molecule has 0 saturated carbocycles. The van der Waals surface area contributed by atoms with Gasteiger partial charge in [-0.15, -0.1) is 0 Å². The van der Waals surface area contributed by atoms with E-state index in [0.717, 1.165) is 0 Å². The van der Waals surface area contributed by atoms with Crippen molar-refractivity contribution in [1.29, 1.82) is 0 Å². The van der Waals surface area contributed by atoms with E-state index in [1.54, 1.807) is 5.20 Å². The summed E-state index contributed by atoms with van der Waals surface area (Å²) in [6, 6.07) is 0. The van der Waals surface area contributed by atoms with Crippen molar-refractivity contribution in [2.45, 2.75) is 98.6 Å². The first-order valence-electron chi connectivity index (χ1n) is 11.4. The Balaban J connectivity index is 3.26. The van der Waals surface area contributed by atoms with Gasteiger partial charge < -0.3 is 0 Å². The fourth-order valence-corrected chi connectivity index (χ4v) is 60.4. The lowest BCUT2D eigenvalue weighted by Gasteiger charge is -2.62. The average molecular weight is 493 g/mol. The van der Waals surface area contributed by atoms with Gasteiger partial charge >= 0.3 is 0 Å². The predicted molar refractivity (Wildman–Crippen MR) is 154 cm³/mol. The molecule has 0 fully saturated rings. The van der Waals surface area contributed by atoms with E-state index in [-0.39, 0.29) is 0 Å². The molecule has 0 atom stereocenters. The Morgan fingerprint density at radius 2 is 0.897 bits per heavy atom. The van der Waals surface area contributed by atoms with Crippen LogP contribution in [-0.2, 0) is 0 Å². The summed E-state index contributed by atoms with van der Waals surface area (Å²) in [4.78, 5) is 8.34. The summed E-state index contributed by atoms with van der Waals surface area (Å²) in [6.45, 7) is 44.3. The number of allylic oxidation sites excluding steroid dienone is 2. The van der Waals surface area contributed by atoms with Crippen LogP contribution < -0.4 is 0 Å². The maximum Gasteiger partial charge on any atom is 0.127 e. The van der Waals surface area contributed by atoms with E-state index in [2.05, 4.69) is 130 Å². The van der Waals surface area contributed by atoms with E-state index in [4.69, 9.17) is 0 Å². The minimum Gasteiger partial charge on any atom is -0.0962 e. The minimum atomic E-state index is -1.91. The van der Waals surface area contributed by atoms with Crippen LogP contribution in [0.5, 0.6) is 0 Å². The van der Waals surface area contributed by atoms with E-state index in [0.29, 0.717) is 0 Å². The van der Waals surface area contributed by atoms with Gasteiger partial charge in [0.2, 0.25) is 0 Å². The third-order valence-corrected chi connectivity index (χ3v) is 39.0. The zero-order valence-corrected chi connectivity index (χ0v) is 28.3. The van der Waals surface area contributed by atoms with E-state index in [9.17, 15) is 0 Å². The largest absolute Gasteiger partial charge is 0.127 e. The van der Waals surface area contributed by atoms with Gasteiger partial charge in [0.1, 0.15) is 16.1 Å². The molecule has 3 aliphatic rings. The van der Waals surface area contributed by atoms with Crippen molar-refractivity contribution < 1.29 is 0 Å². The summed E-state index contributed by atoms with van der Waals surface area (Å²) >= 11 is 0. The second-order valence-electron chi connectivity index (χ2n) is 14.2. The summed E-state index contributed by atoms with van der Waals surface area (Å²) in [5.41, 5.74) is 4.30. The molecule has 3 heterocycles. The first-order valence-corrected chi connectivity index (χ1v) is 30.5. The third kappa shape index (κ3) is 3.84. The molecule has 0 aromatic carbocycles. The van der Waals surface area contributed by atoms with Crippen molar-refractivity contribution >= 4 is 48.4 Å². The van der Waals surface area contributed by atoms with Crippen LogP contribution in [0.25, 0.3) is 0 Å². The Hall–Kier alpha value is 0.261. The maximum atomic E-state index is 4.58. The van der Waals surface area contributed by atoms with E-state index >= 15 is 0 Å². The first kappa shape index (κ1) is 25.5. The van der Waals surface area contributed by atoms with Crippen LogP contribution in [-0.4, -0.2) is 48.4 Å². The Morgan fingerprint density at radius 1 is 0.621 bits per heavy atom. The lowest BCUT2D eigenvalue weighted by molar-refractivity contribution is 1.41. The van der Waals surface area contributed by atoms with Crippen molar-refractivity contribution in [3.63, 3.8) is 0 Å². The van der Waals surface area contributed by atoms with E-state index in [1.165, 1.54) is 5.57 Å². The SMILES string of the molecule is C=C(C)C1=C[Si]2(C)C([Si](C)(C)C)=C([Si](C)(C)C)[Si]1(C)C([Si](C)(C)C)=C2[Si](C)(C)C. The lowest BCUT2D eigenvalue weighted by atomic mass is 10.3. The quantitative estimate of drug-likeness (QED) is 0.341. The molecule has 0 amide bonds. The second kappa shape index (κ2) is 6.88. The highest BCUT2D eigenvalue weighted by Crippen LogP contribution is 2.59. The van der Waals surface area contributed by atoms with Gasteiger partial charge in [-0.05, 0) is 6.92 Å². The van der Waals surface area contributed by atoms with Gasteiger partial charge in [0, 0.05) is 0 Å². The van der Waals surface area contributed by atoms with Crippen LogP contribution in [0.2, 0.25) is 91.7 Å². The van der Waals surface area contributed by atoms with Gasteiger partial charge in [-0.1, -0.05) is 134 Å². The monoisotopic (exact) mass is 492 g/mol. The van der Waals surface area contributed by atoms with Crippen LogP contribution >= 0.6 is 0 Å². The van der Waals surface area contributed by atoms with Crippen LogP contribution in [0.3, 0.4) is 0 Å². The Bertz CT molecular complexity index is 792. The van der Waals surface area contributed by atoms with Gasteiger partial charge in [-0.2, -0.15) is 0 Å². The predicted octanol–water partition coefficient (Wildman–Crippen LogP) is 8.01. The van der Waals surface area contributed by atoms with Crippen LogP contribution in [0.15, 0.2) is 42.3 Å². The van der Waals surface area contributed by atoms with Crippen molar-refractivity contribution in [2.75, 3.05) is 0 Å². The topological polar surface area (TPSA) is 0 Å². The van der Waals surface area contributed by atoms with Crippen LogP contribution in [0.1, 0.15) is 6.92 Å². The average Bonchev–Trinajstić information content (AvgIpc) is 2.40. The molecule has 0 spiro atoms. The highest BCUT2D eigenvalue weighted by molar-refractivity contribution is 7.33. The summed E-state index contributed by atoms with van der Waals surface area (Å²) < 4.78 is 0. The number of rotatable bonds is 5. The minimum absolute atomic E-state index is 1.38. The molecule has 3 aliphatic heterocycles. The summed E-state index contributed by atoms with van der Waals surface area (Å²) in [7, 11) is -9.55. The number of hydrogen-bond acceptors (Lipinski definition) is 0. The molecule has 0 aromatic rings. The molecule has 6 heteroatoms. The maximum absolute atomic E-state index is 4.58. The van der Waals surface area contributed by atoms with Gasteiger partial charge in [0.15, 0.2) is 0 Å². The van der Waals surface area contributed by atoms with Crippen molar-refractivity contribution in [2.24, 2.45) is 0 Å². The van der Waals surface area contributed by atoms with Crippen LogP contribution in [0, 0.1) is 0 Å². The zero-order valence-electron chi connectivity index (χ0n) is 22.3. The zero-order chi connectivity index (χ0) is 23.2. The fourth-order valence-electron chi connectivity index (χ4n) is 7.22. The molecule has 0 N–H and O–H groups in total. The van der Waals surface area contributed by atoms with Gasteiger partial charge in [0.25, 0.3) is 0 Å². The molecule has 164 valence electrons. The summed E-state index contributed by atoms with van der Waals surface area (Å²) in [5.74, 6) is 0. The Kier molecular flexibility index (Phi) is 6.05. The van der Waals surface area contributed by atoms with E-state index in [1.807, 2.05) is 0 Å². The molecule has 3 rings (SSSR count). The standard InChI is InChI=1S/C23H48Si6/c1-18(2)19-17-28(15)20(24(3,4)5)22(26(9,10)11)29(19,16)23(27(12,13)14)21(28)25(6,7)8/h17H,1H2,2-16H3. The van der Waals surface area contributed by atoms with E-state index < -0.39 is 48.4 Å². The third-order valence-electron chi connectivity index (χ3n) is 6.97. The molecule has 0 nitrogen and oxygen atoms in total. The molecular formula is C23H48Si6. The molecule has 2 bridgehead atoms. The van der Waals surface area contributed by atoms with Gasteiger partial charge in [-0.3, -0.25) is 0 Å². The highest BCUT2D eigenvalue weighted by Gasteiger charge is 2.63. The number of hydrogen-bond donors (Lipinski definition) is 0. The second-order valence-corrected chi connectivity index (χ2v) is 43.6. The molecule has 0 radical (unpaired) electrons. The summed E-state index contributed by atoms with van der Waals surface area (Å²) in [5, 5.41) is 1.76. The normalized spacial score (nSPS) is 28.9. The molecule has 0 aliphatic carbocycles. The molecule has 0 aromatic heterocycles. The van der Waals surface area contributed by atoms with Gasteiger partial charge in [-0.25, -0.2) is 0 Å². The summed E-state index contributed by atoms with van der Waals surface area (Å²) in [6.07, 6.45) is 0. The highest BCUT2D eigenvalue weighted by atomic mass is 28.4. The molecule has 29 heavy (non-hydrogen) atoms. The Morgan fingerprint density at radius 3 is 1.10 bits per heavy atom. The molecular weight excluding hydrogens is 445 g/mol. The molecule has 0 unspecified atom stereocenters. The van der Waals surface area contributed by atoms with Crippen molar-refractivity contribution in [3.8, 4) is 0 Å². The fraction of sp³-hybridized carbons (Fsp3) is 0.652.